The number of rotatable bonds is 3. The van der Waals surface area contributed by atoms with Gasteiger partial charge in [-0.2, -0.15) is 5.10 Å². The molecule has 1 aliphatic heterocycles. The molecular formula is C24H21ClN6. The van der Waals surface area contributed by atoms with Crippen molar-refractivity contribution in [2.24, 2.45) is 5.10 Å². The van der Waals surface area contributed by atoms with Crippen molar-refractivity contribution < 1.29 is 0 Å². The number of anilines is 2. The van der Waals surface area contributed by atoms with Crippen LogP contribution < -0.4 is 9.91 Å². The highest BCUT2D eigenvalue weighted by molar-refractivity contribution is 6.31. The Morgan fingerprint density at radius 1 is 0.839 bits per heavy atom. The first-order chi connectivity index (χ1) is 15.0. The first kappa shape index (κ1) is 19.3. The average Bonchev–Trinajstić information content (AvgIpc) is 3.18. The number of hydrazone groups is 1. The summed E-state index contributed by atoms with van der Waals surface area (Å²) in [5, 5.41) is 16.3. The summed E-state index contributed by atoms with van der Waals surface area (Å²) in [6.45, 7) is 0. The van der Waals surface area contributed by atoms with Crippen molar-refractivity contribution in [1.29, 1.82) is 0 Å². The number of hydrogen-bond acceptors (Lipinski definition) is 5. The third-order valence-electron chi connectivity index (χ3n) is 5.33. The van der Waals surface area contributed by atoms with Gasteiger partial charge in [-0.25, -0.2) is 5.01 Å². The van der Waals surface area contributed by atoms with Crippen molar-refractivity contribution in [3.05, 3.63) is 88.9 Å². The highest BCUT2D eigenvalue weighted by Crippen LogP contribution is 2.34. The molecule has 0 N–H and O–H groups in total. The van der Waals surface area contributed by atoms with Crippen LogP contribution in [0.4, 0.5) is 11.6 Å². The fourth-order valence-corrected chi connectivity index (χ4v) is 3.93. The van der Waals surface area contributed by atoms with E-state index in [0.717, 1.165) is 39.6 Å². The van der Waals surface area contributed by atoms with Gasteiger partial charge in [-0.3, -0.25) is 4.57 Å². The van der Waals surface area contributed by atoms with Crippen molar-refractivity contribution in [3.63, 3.8) is 0 Å². The number of aromatic nitrogens is 3. The van der Waals surface area contributed by atoms with Crippen LogP contribution in [-0.2, 0) is 0 Å². The smallest absolute Gasteiger partial charge is 0.252 e. The topological polar surface area (TPSA) is 49.6 Å². The largest absolute Gasteiger partial charge is 0.378 e. The molecule has 0 amide bonds. The van der Waals surface area contributed by atoms with Gasteiger partial charge in [0.2, 0.25) is 0 Å². The highest BCUT2D eigenvalue weighted by Gasteiger charge is 2.26. The molecule has 0 saturated heterocycles. The lowest BCUT2D eigenvalue weighted by molar-refractivity contribution is 0.907. The zero-order chi connectivity index (χ0) is 21.5. The van der Waals surface area contributed by atoms with Crippen LogP contribution >= 0.6 is 11.6 Å². The molecule has 0 bridgehead atoms. The van der Waals surface area contributed by atoms with Crippen molar-refractivity contribution in [2.75, 3.05) is 31.1 Å². The Morgan fingerprint density at radius 2 is 1.58 bits per heavy atom. The molecule has 0 radical (unpaired) electrons. The quantitative estimate of drug-likeness (QED) is 0.467. The molecular weight excluding hydrogens is 408 g/mol. The Hall–Kier alpha value is -3.64. The number of fused-ring (bicyclic) bond motifs is 3. The minimum absolute atomic E-state index is 0.640. The lowest BCUT2D eigenvalue weighted by atomic mass is 10.0. The van der Waals surface area contributed by atoms with Crippen LogP contribution in [0.5, 0.6) is 0 Å². The van der Waals surface area contributed by atoms with Crippen molar-refractivity contribution in [2.45, 2.75) is 0 Å². The minimum atomic E-state index is 0.640. The summed E-state index contributed by atoms with van der Waals surface area (Å²) in [4.78, 5) is 2.07. The zero-order valence-electron chi connectivity index (χ0n) is 17.5. The van der Waals surface area contributed by atoms with Crippen LogP contribution in [0.3, 0.4) is 0 Å². The number of benzene rings is 3. The van der Waals surface area contributed by atoms with E-state index in [-0.39, 0.29) is 0 Å². The SMILES string of the molecule is CN(C)c1ccc(-c2nnc3n2-c2ccc(Cl)cc2C(c2ccccc2)=NN3C)cc1. The van der Waals surface area contributed by atoms with Gasteiger partial charge >= 0.3 is 0 Å². The van der Waals surface area contributed by atoms with E-state index in [1.165, 1.54) is 0 Å². The molecule has 0 saturated carbocycles. The maximum atomic E-state index is 6.41. The molecule has 1 aliphatic rings. The van der Waals surface area contributed by atoms with E-state index in [1.807, 2.05) is 74.2 Å². The molecule has 0 unspecified atom stereocenters. The molecule has 2 heterocycles. The normalized spacial score (nSPS) is 12.6. The molecule has 4 aromatic rings. The third-order valence-corrected chi connectivity index (χ3v) is 5.56. The second-order valence-corrected chi connectivity index (χ2v) is 8.04. The number of hydrogen-bond donors (Lipinski definition) is 0. The summed E-state index contributed by atoms with van der Waals surface area (Å²) < 4.78 is 2.04. The Bertz CT molecular complexity index is 1280. The first-order valence-electron chi connectivity index (χ1n) is 9.94. The van der Waals surface area contributed by atoms with Gasteiger partial charge in [0.15, 0.2) is 5.82 Å². The first-order valence-corrected chi connectivity index (χ1v) is 10.3. The zero-order valence-corrected chi connectivity index (χ0v) is 18.2. The molecule has 6 nitrogen and oxygen atoms in total. The number of halogens is 1. The lowest BCUT2D eigenvalue weighted by Crippen LogP contribution is -2.14. The molecule has 3 aromatic carbocycles. The van der Waals surface area contributed by atoms with Gasteiger partial charge in [0, 0.05) is 48.5 Å². The van der Waals surface area contributed by atoms with Crippen molar-refractivity contribution >= 4 is 28.9 Å². The molecule has 5 rings (SSSR count). The molecule has 1 aromatic heterocycles. The van der Waals surface area contributed by atoms with Gasteiger partial charge in [-0.15, -0.1) is 10.2 Å². The molecule has 7 heteroatoms. The van der Waals surface area contributed by atoms with Gasteiger partial charge in [0.25, 0.3) is 5.95 Å². The minimum Gasteiger partial charge on any atom is -0.378 e. The van der Waals surface area contributed by atoms with E-state index in [1.54, 1.807) is 5.01 Å². The maximum Gasteiger partial charge on any atom is 0.252 e. The van der Waals surface area contributed by atoms with Gasteiger partial charge in [-0.05, 0) is 42.5 Å². The monoisotopic (exact) mass is 428 g/mol. The van der Waals surface area contributed by atoms with Crippen LogP contribution in [0.25, 0.3) is 17.1 Å². The maximum absolute atomic E-state index is 6.41. The van der Waals surface area contributed by atoms with E-state index < -0.39 is 0 Å². The van der Waals surface area contributed by atoms with E-state index in [0.29, 0.717) is 11.0 Å². The average molecular weight is 429 g/mol. The second kappa shape index (κ2) is 7.56. The van der Waals surface area contributed by atoms with E-state index >= 15 is 0 Å². The fraction of sp³-hybridized carbons (Fsp3) is 0.125. The Balaban J connectivity index is 1.73. The molecule has 154 valence electrons. The van der Waals surface area contributed by atoms with Crippen LogP contribution in [0.15, 0.2) is 77.9 Å². The van der Waals surface area contributed by atoms with E-state index in [2.05, 4.69) is 39.4 Å². The molecule has 31 heavy (non-hydrogen) atoms. The summed E-state index contributed by atoms with van der Waals surface area (Å²) in [5.74, 6) is 1.39. The summed E-state index contributed by atoms with van der Waals surface area (Å²) in [5.41, 5.74) is 5.80. The summed E-state index contributed by atoms with van der Waals surface area (Å²) >= 11 is 6.41. The van der Waals surface area contributed by atoms with Crippen LogP contribution in [0.1, 0.15) is 11.1 Å². The Morgan fingerprint density at radius 3 is 2.29 bits per heavy atom. The molecule has 0 aliphatic carbocycles. The highest BCUT2D eigenvalue weighted by atomic mass is 35.5. The molecule has 0 fully saturated rings. The predicted octanol–water partition coefficient (Wildman–Crippen LogP) is 4.86. The second-order valence-electron chi connectivity index (χ2n) is 7.60. The van der Waals surface area contributed by atoms with Crippen LogP contribution in [0.2, 0.25) is 5.02 Å². The summed E-state index contributed by atoms with van der Waals surface area (Å²) in [6, 6.07) is 24.2. The van der Waals surface area contributed by atoms with Crippen molar-refractivity contribution in [3.8, 4) is 17.1 Å². The molecule has 0 atom stereocenters. The lowest BCUT2D eigenvalue weighted by Gasteiger charge is -2.15. The third kappa shape index (κ3) is 3.35. The van der Waals surface area contributed by atoms with Gasteiger partial charge in [-0.1, -0.05) is 41.9 Å². The fourth-order valence-electron chi connectivity index (χ4n) is 3.75. The van der Waals surface area contributed by atoms with Crippen LogP contribution in [0, 0.1) is 0 Å². The van der Waals surface area contributed by atoms with Crippen molar-refractivity contribution in [1.82, 2.24) is 14.8 Å². The van der Waals surface area contributed by atoms with Gasteiger partial charge < -0.3 is 4.90 Å². The van der Waals surface area contributed by atoms with Crippen LogP contribution in [-0.4, -0.2) is 41.6 Å². The Kier molecular flexibility index (Phi) is 4.71. The van der Waals surface area contributed by atoms with Gasteiger partial charge in [0.1, 0.15) is 5.71 Å². The van der Waals surface area contributed by atoms with Gasteiger partial charge in [0.05, 0.1) is 5.69 Å². The number of nitrogens with zero attached hydrogens (tertiary/aromatic N) is 6. The van der Waals surface area contributed by atoms with E-state index in [4.69, 9.17) is 16.7 Å². The standard InChI is InChI=1S/C24H21ClN6/c1-29(2)19-12-9-17(10-13-19)23-26-27-24-30(3)28-22(16-7-5-4-6-8-16)20-15-18(25)11-14-21(20)31(23)24/h4-15H,1-3H3. The summed E-state index contributed by atoms with van der Waals surface area (Å²) in [6.07, 6.45) is 0. The Labute approximate surface area is 186 Å². The summed E-state index contributed by atoms with van der Waals surface area (Å²) in [7, 11) is 5.93. The van der Waals surface area contributed by atoms with E-state index in [9.17, 15) is 0 Å². The molecule has 0 spiro atoms. The predicted molar refractivity (Wildman–Crippen MR) is 127 cm³/mol.